The normalized spacial score (nSPS) is 12.4. The Kier molecular flexibility index (Phi) is 3.59. The summed E-state index contributed by atoms with van der Waals surface area (Å²) < 4.78 is 0. The van der Waals surface area contributed by atoms with E-state index in [0.717, 1.165) is 5.56 Å². The molecule has 0 saturated carbocycles. The molecule has 4 heteroatoms. The van der Waals surface area contributed by atoms with Gasteiger partial charge in [-0.05, 0) is 17.9 Å². The average Bonchev–Trinajstić information content (AvgIpc) is 2.18. The van der Waals surface area contributed by atoms with E-state index < -0.39 is 4.92 Å². The first kappa shape index (κ1) is 10.7. The summed E-state index contributed by atoms with van der Waals surface area (Å²) in [5.41, 5.74) is 0.994. The Bertz CT molecular complexity index is 325. The summed E-state index contributed by atoms with van der Waals surface area (Å²) in [5, 5.41) is 19.3. The number of benzene rings is 1. The third-order valence-electron chi connectivity index (χ3n) is 2.02. The number of nitro groups is 1. The molecular weight excluding hydrogens is 182 g/mol. The van der Waals surface area contributed by atoms with Gasteiger partial charge < -0.3 is 5.11 Å². The predicted molar refractivity (Wildman–Crippen MR) is 53.1 cm³/mol. The summed E-state index contributed by atoms with van der Waals surface area (Å²) in [5.74, 6) is 0.136. The van der Waals surface area contributed by atoms with Crippen molar-refractivity contribution in [3.05, 3.63) is 39.9 Å². The monoisotopic (exact) mass is 195 g/mol. The highest BCUT2D eigenvalue weighted by Crippen LogP contribution is 2.15. The number of nitrogens with zero attached hydrogens (tertiary/aromatic N) is 1. The maximum atomic E-state index is 10.5. The van der Waals surface area contributed by atoms with Crippen LogP contribution < -0.4 is 0 Å². The topological polar surface area (TPSA) is 63.4 Å². The molecule has 0 radical (unpaired) electrons. The molecule has 0 aliphatic heterocycles. The summed E-state index contributed by atoms with van der Waals surface area (Å²) in [6, 6.07) is 6.51. The van der Waals surface area contributed by atoms with Gasteiger partial charge in [-0.15, -0.1) is 0 Å². The Morgan fingerprint density at radius 3 is 2.86 bits per heavy atom. The lowest BCUT2D eigenvalue weighted by molar-refractivity contribution is -0.384. The minimum atomic E-state index is -0.410. The van der Waals surface area contributed by atoms with Gasteiger partial charge in [0.2, 0.25) is 0 Å². The lowest BCUT2D eigenvalue weighted by Crippen LogP contribution is -2.04. The van der Waals surface area contributed by atoms with Crippen LogP contribution in [-0.2, 0) is 6.42 Å². The molecule has 1 atom stereocenters. The van der Waals surface area contributed by atoms with Gasteiger partial charge in [0.1, 0.15) is 0 Å². The van der Waals surface area contributed by atoms with Gasteiger partial charge in [0.15, 0.2) is 0 Å². The van der Waals surface area contributed by atoms with E-state index in [0.29, 0.717) is 6.42 Å². The molecule has 1 rings (SSSR count). The van der Waals surface area contributed by atoms with Crippen molar-refractivity contribution in [3.63, 3.8) is 0 Å². The van der Waals surface area contributed by atoms with Crippen molar-refractivity contribution in [2.45, 2.75) is 13.3 Å². The SMILES string of the molecule is C[C@H](CO)Cc1cccc([N+](=O)[O-])c1. The molecule has 76 valence electrons. The van der Waals surface area contributed by atoms with Crippen LogP contribution in [0.4, 0.5) is 5.69 Å². The van der Waals surface area contributed by atoms with Crippen molar-refractivity contribution in [3.8, 4) is 0 Å². The molecule has 14 heavy (non-hydrogen) atoms. The molecule has 0 bridgehead atoms. The molecule has 0 aliphatic carbocycles. The van der Waals surface area contributed by atoms with Crippen LogP contribution in [0.25, 0.3) is 0 Å². The lowest BCUT2D eigenvalue weighted by Gasteiger charge is -2.06. The van der Waals surface area contributed by atoms with Crippen LogP contribution in [0.5, 0.6) is 0 Å². The fourth-order valence-electron chi connectivity index (χ4n) is 1.26. The molecular formula is C10H13NO3. The van der Waals surface area contributed by atoms with Crippen LogP contribution in [0.1, 0.15) is 12.5 Å². The molecule has 1 aromatic carbocycles. The third-order valence-corrected chi connectivity index (χ3v) is 2.02. The van der Waals surface area contributed by atoms with E-state index >= 15 is 0 Å². The molecule has 0 spiro atoms. The molecule has 0 saturated heterocycles. The second-order valence-electron chi connectivity index (χ2n) is 3.42. The van der Waals surface area contributed by atoms with Crippen molar-refractivity contribution in [1.82, 2.24) is 0 Å². The Morgan fingerprint density at radius 2 is 2.29 bits per heavy atom. The Morgan fingerprint density at radius 1 is 1.57 bits per heavy atom. The number of aliphatic hydroxyl groups is 1. The highest BCUT2D eigenvalue weighted by atomic mass is 16.6. The van der Waals surface area contributed by atoms with Crippen molar-refractivity contribution < 1.29 is 10.0 Å². The number of hydrogen-bond acceptors (Lipinski definition) is 3. The van der Waals surface area contributed by atoms with Gasteiger partial charge in [-0.25, -0.2) is 0 Å². The zero-order valence-corrected chi connectivity index (χ0v) is 8.01. The molecule has 0 aromatic heterocycles. The van der Waals surface area contributed by atoms with Gasteiger partial charge in [0.05, 0.1) is 4.92 Å². The second-order valence-corrected chi connectivity index (χ2v) is 3.42. The molecule has 0 amide bonds. The number of nitro benzene ring substituents is 1. The second kappa shape index (κ2) is 4.72. The molecule has 4 nitrogen and oxygen atoms in total. The van der Waals surface area contributed by atoms with E-state index in [4.69, 9.17) is 5.11 Å². The van der Waals surface area contributed by atoms with Crippen LogP contribution in [0.15, 0.2) is 24.3 Å². The van der Waals surface area contributed by atoms with E-state index in [1.165, 1.54) is 6.07 Å². The van der Waals surface area contributed by atoms with Crippen LogP contribution >= 0.6 is 0 Å². The number of hydrogen-bond donors (Lipinski definition) is 1. The number of non-ortho nitro benzene ring substituents is 1. The van der Waals surface area contributed by atoms with E-state index in [1.807, 2.05) is 13.0 Å². The molecule has 0 fully saturated rings. The minimum Gasteiger partial charge on any atom is -0.396 e. The summed E-state index contributed by atoms with van der Waals surface area (Å²) in [7, 11) is 0. The first-order valence-electron chi connectivity index (χ1n) is 4.47. The largest absolute Gasteiger partial charge is 0.396 e. The van der Waals surface area contributed by atoms with Crippen molar-refractivity contribution >= 4 is 5.69 Å². The molecule has 1 aromatic rings. The number of rotatable bonds is 4. The maximum absolute atomic E-state index is 10.5. The summed E-state index contributed by atoms with van der Waals surface area (Å²) >= 11 is 0. The Balaban J connectivity index is 2.78. The molecule has 1 N–H and O–H groups in total. The minimum absolute atomic E-state index is 0.0999. The Labute approximate surface area is 82.3 Å². The van der Waals surface area contributed by atoms with E-state index in [-0.39, 0.29) is 18.2 Å². The highest BCUT2D eigenvalue weighted by Gasteiger charge is 2.07. The molecule has 0 unspecified atom stereocenters. The van der Waals surface area contributed by atoms with Gasteiger partial charge in [0, 0.05) is 18.7 Å². The summed E-state index contributed by atoms with van der Waals surface area (Å²) in [6.07, 6.45) is 0.665. The first-order chi connectivity index (χ1) is 6.63. The number of aliphatic hydroxyl groups excluding tert-OH is 1. The van der Waals surface area contributed by atoms with Crippen molar-refractivity contribution in [2.75, 3.05) is 6.61 Å². The molecule has 0 aliphatic rings. The molecule has 0 heterocycles. The van der Waals surface area contributed by atoms with Crippen LogP contribution in [-0.4, -0.2) is 16.6 Å². The van der Waals surface area contributed by atoms with Crippen molar-refractivity contribution in [1.29, 1.82) is 0 Å². The van der Waals surface area contributed by atoms with E-state index in [2.05, 4.69) is 0 Å². The average molecular weight is 195 g/mol. The maximum Gasteiger partial charge on any atom is 0.269 e. The van der Waals surface area contributed by atoms with Gasteiger partial charge in [0.25, 0.3) is 5.69 Å². The van der Waals surface area contributed by atoms with Gasteiger partial charge in [-0.1, -0.05) is 19.1 Å². The smallest absolute Gasteiger partial charge is 0.269 e. The predicted octanol–water partition coefficient (Wildman–Crippen LogP) is 1.77. The highest BCUT2D eigenvalue weighted by molar-refractivity contribution is 5.34. The third kappa shape index (κ3) is 2.81. The zero-order valence-electron chi connectivity index (χ0n) is 8.01. The van der Waals surface area contributed by atoms with Crippen molar-refractivity contribution in [2.24, 2.45) is 5.92 Å². The quantitative estimate of drug-likeness (QED) is 0.588. The standard InChI is InChI=1S/C10H13NO3/c1-8(7-12)5-9-3-2-4-10(6-9)11(13)14/h2-4,6,8,12H,5,7H2,1H3/t8-/m0/s1. The first-order valence-corrected chi connectivity index (χ1v) is 4.47. The van der Waals surface area contributed by atoms with Crippen LogP contribution in [0.2, 0.25) is 0 Å². The van der Waals surface area contributed by atoms with Gasteiger partial charge in [-0.3, -0.25) is 10.1 Å². The van der Waals surface area contributed by atoms with Gasteiger partial charge >= 0.3 is 0 Å². The fourth-order valence-corrected chi connectivity index (χ4v) is 1.26. The fraction of sp³-hybridized carbons (Fsp3) is 0.400. The van der Waals surface area contributed by atoms with E-state index in [9.17, 15) is 10.1 Å². The van der Waals surface area contributed by atoms with Crippen LogP contribution in [0, 0.1) is 16.0 Å². The van der Waals surface area contributed by atoms with Crippen LogP contribution in [0.3, 0.4) is 0 Å². The van der Waals surface area contributed by atoms with E-state index in [1.54, 1.807) is 12.1 Å². The summed E-state index contributed by atoms with van der Waals surface area (Å²) in [4.78, 5) is 10.1. The summed E-state index contributed by atoms with van der Waals surface area (Å²) in [6.45, 7) is 2.00. The lowest BCUT2D eigenvalue weighted by atomic mass is 10.0. The Hall–Kier alpha value is -1.42. The zero-order chi connectivity index (χ0) is 10.6. The van der Waals surface area contributed by atoms with Gasteiger partial charge in [-0.2, -0.15) is 0 Å².